The fourth-order valence-electron chi connectivity index (χ4n) is 2.38. The maximum atomic E-state index is 6.20. The van der Waals surface area contributed by atoms with Crippen LogP contribution in [0.3, 0.4) is 0 Å². The lowest BCUT2D eigenvalue weighted by Gasteiger charge is -2.12. The molecule has 1 aliphatic rings. The number of fused-ring (bicyclic) bond motifs is 1. The van der Waals surface area contributed by atoms with Gasteiger partial charge in [0.2, 0.25) is 0 Å². The monoisotopic (exact) mass is 275 g/mol. The van der Waals surface area contributed by atoms with Crippen molar-refractivity contribution in [3.8, 4) is 0 Å². The molecule has 1 N–H and O–H groups in total. The molecule has 1 atom stereocenters. The molecule has 18 heavy (non-hydrogen) atoms. The Kier molecular flexibility index (Phi) is 3.23. The van der Waals surface area contributed by atoms with Crippen LogP contribution in [0.25, 0.3) is 0 Å². The highest BCUT2D eigenvalue weighted by molar-refractivity contribution is 7.98. The summed E-state index contributed by atoms with van der Waals surface area (Å²) in [5.74, 6) is 0. The van der Waals surface area contributed by atoms with Crippen molar-refractivity contribution in [1.82, 2.24) is 0 Å². The zero-order chi connectivity index (χ0) is 12.5. The van der Waals surface area contributed by atoms with E-state index in [2.05, 4.69) is 41.9 Å². The lowest BCUT2D eigenvalue weighted by molar-refractivity contribution is 0.823. The molecule has 3 rings (SSSR count). The van der Waals surface area contributed by atoms with Crippen molar-refractivity contribution in [2.75, 3.05) is 11.6 Å². The molecule has 0 bridgehead atoms. The predicted octanol–water partition coefficient (Wildman–Crippen LogP) is 4.77. The highest BCUT2D eigenvalue weighted by Crippen LogP contribution is 2.38. The molecule has 0 saturated heterocycles. The van der Waals surface area contributed by atoms with Crippen LogP contribution < -0.4 is 5.32 Å². The third kappa shape index (κ3) is 2.11. The molecule has 3 heteroatoms. The van der Waals surface area contributed by atoms with Gasteiger partial charge in [0.15, 0.2) is 0 Å². The molecule has 0 spiro atoms. The molecule has 1 nitrogen and oxygen atoms in total. The minimum atomic E-state index is 0.343. The Morgan fingerprint density at radius 3 is 2.61 bits per heavy atom. The van der Waals surface area contributed by atoms with Crippen molar-refractivity contribution >= 4 is 29.1 Å². The fraction of sp³-hybridized carbons (Fsp3) is 0.200. The van der Waals surface area contributed by atoms with Crippen LogP contribution in [-0.2, 0) is 6.42 Å². The van der Waals surface area contributed by atoms with Crippen molar-refractivity contribution in [1.29, 1.82) is 0 Å². The molecule has 1 heterocycles. The van der Waals surface area contributed by atoms with Gasteiger partial charge >= 0.3 is 0 Å². The zero-order valence-electron chi connectivity index (χ0n) is 10.1. The lowest BCUT2D eigenvalue weighted by Crippen LogP contribution is -2.05. The van der Waals surface area contributed by atoms with Gasteiger partial charge in [0, 0.05) is 4.90 Å². The van der Waals surface area contributed by atoms with E-state index < -0.39 is 0 Å². The summed E-state index contributed by atoms with van der Waals surface area (Å²) in [4.78, 5) is 1.30. The standard InChI is InChI=1S/C15H14ClNS/c1-18-12-7-5-10(6-8-12)14-9-11-3-2-4-13(16)15(11)17-14/h2-8,14,17H,9H2,1H3. The Morgan fingerprint density at radius 2 is 1.94 bits per heavy atom. The third-order valence-electron chi connectivity index (χ3n) is 3.36. The van der Waals surface area contributed by atoms with Crippen LogP contribution >= 0.6 is 23.4 Å². The second-order valence-corrected chi connectivity index (χ2v) is 5.74. The van der Waals surface area contributed by atoms with E-state index in [1.807, 2.05) is 12.1 Å². The molecule has 0 saturated carbocycles. The number of hydrogen-bond donors (Lipinski definition) is 1. The highest BCUT2D eigenvalue weighted by Gasteiger charge is 2.23. The van der Waals surface area contributed by atoms with Crippen molar-refractivity contribution < 1.29 is 0 Å². The summed E-state index contributed by atoms with van der Waals surface area (Å²) in [7, 11) is 0. The fourth-order valence-corrected chi connectivity index (χ4v) is 3.04. The number of para-hydroxylation sites is 1. The van der Waals surface area contributed by atoms with Crippen LogP contribution in [0.5, 0.6) is 0 Å². The number of benzene rings is 2. The van der Waals surface area contributed by atoms with Gasteiger partial charge in [-0.25, -0.2) is 0 Å². The number of nitrogens with one attached hydrogen (secondary N) is 1. The maximum Gasteiger partial charge on any atom is 0.0640 e. The molecule has 0 radical (unpaired) electrons. The van der Waals surface area contributed by atoms with Crippen LogP contribution in [0.2, 0.25) is 5.02 Å². The van der Waals surface area contributed by atoms with Crippen molar-refractivity contribution in [3.05, 3.63) is 58.6 Å². The maximum absolute atomic E-state index is 6.20. The Bertz CT molecular complexity index is 565. The number of anilines is 1. The zero-order valence-corrected chi connectivity index (χ0v) is 11.7. The quantitative estimate of drug-likeness (QED) is 0.792. The van der Waals surface area contributed by atoms with Gasteiger partial charge in [0.1, 0.15) is 0 Å². The van der Waals surface area contributed by atoms with E-state index in [0.717, 1.165) is 17.1 Å². The first kappa shape index (κ1) is 11.9. The smallest absolute Gasteiger partial charge is 0.0640 e. The van der Waals surface area contributed by atoms with Crippen LogP contribution in [0, 0.1) is 0 Å². The predicted molar refractivity (Wildman–Crippen MR) is 79.7 cm³/mol. The Labute approximate surface area is 117 Å². The van der Waals surface area contributed by atoms with Gasteiger partial charge in [-0.15, -0.1) is 11.8 Å². The normalized spacial score (nSPS) is 17.3. The van der Waals surface area contributed by atoms with E-state index in [1.54, 1.807) is 11.8 Å². The molecule has 0 aromatic heterocycles. The molecule has 2 aromatic carbocycles. The topological polar surface area (TPSA) is 12.0 Å². The average molecular weight is 276 g/mol. The summed E-state index contributed by atoms with van der Waals surface area (Å²) in [6.45, 7) is 0. The first-order valence-electron chi connectivity index (χ1n) is 5.96. The van der Waals surface area contributed by atoms with Gasteiger partial charge in [-0.1, -0.05) is 35.9 Å². The average Bonchev–Trinajstić information content (AvgIpc) is 2.84. The largest absolute Gasteiger partial charge is 0.376 e. The van der Waals surface area contributed by atoms with E-state index in [9.17, 15) is 0 Å². The van der Waals surface area contributed by atoms with Crippen LogP contribution in [0.1, 0.15) is 17.2 Å². The molecular formula is C15H14ClNS. The Morgan fingerprint density at radius 1 is 1.17 bits per heavy atom. The van der Waals surface area contributed by atoms with E-state index >= 15 is 0 Å². The number of rotatable bonds is 2. The summed E-state index contributed by atoms with van der Waals surface area (Å²) in [6.07, 6.45) is 3.10. The summed E-state index contributed by atoms with van der Waals surface area (Å²) < 4.78 is 0. The molecule has 92 valence electrons. The Hall–Kier alpha value is -1.12. The molecule has 2 aromatic rings. The van der Waals surface area contributed by atoms with E-state index in [4.69, 9.17) is 11.6 Å². The summed E-state index contributed by atoms with van der Waals surface area (Å²) in [5, 5.41) is 4.33. The number of hydrogen-bond acceptors (Lipinski definition) is 2. The second kappa shape index (κ2) is 4.87. The summed E-state index contributed by atoms with van der Waals surface area (Å²) >= 11 is 7.97. The summed E-state index contributed by atoms with van der Waals surface area (Å²) in [6, 6.07) is 15.2. The van der Waals surface area contributed by atoms with Gasteiger partial charge in [-0.05, 0) is 42.0 Å². The molecule has 0 fully saturated rings. The SMILES string of the molecule is CSc1ccc(C2Cc3cccc(Cl)c3N2)cc1. The highest BCUT2D eigenvalue weighted by atomic mass is 35.5. The van der Waals surface area contributed by atoms with Gasteiger partial charge in [0.05, 0.1) is 16.8 Å². The molecule has 0 amide bonds. The third-order valence-corrected chi connectivity index (χ3v) is 4.42. The van der Waals surface area contributed by atoms with Crippen LogP contribution in [-0.4, -0.2) is 6.26 Å². The van der Waals surface area contributed by atoms with E-state index in [-0.39, 0.29) is 0 Å². The first-order chi connectivity index (χ1) is 8.78. The van der Waals surface area contributed by atoms with Crippen LogP contribution in [0.15, 0.2) is 47.4 Å². The number of halogens is 1. The van der Waals surface area contributed by atoms with Gasteiger partial charge in [-0.2, -0.15) is 0 Å². The molecule has 1 aliphatic heterocycles. The minimum Gasteiger partial charge on any atom is -0.376 e. The van der Waals surface area contributed by atoms with Crippen molar-refractivity contribution in [2.24, 2.45) is 0 Å². The first-order valence-corrected chi connectivity index (χ1v) is 7.56. The van der Waals surface area contributed by atoms with E-state index in [1.165, 1.54) is 16.0 Å². The molecule has 1 unspecified atom stereocenters. The summed E-state index contributed by atoms with van der Waals surface area (Å²) in [5.41, 5.74) is 3.72. The van der Waals surface area contributed by atoms with Gasteiger partial charge in [0.25, 0.3) is 0 Å². The van der Waals surface area contributed by atoms with Gasteiger partial charge < -0.3 is 5.32 Å². The second-order valence-electron chi connectivity index (χ2n) is 4.45. The molecule has 0 aliphatic carbocycles. The van der Waals surface area contributed by atoms with Crippen molar-refractivity contribution in [3.63, 3.8) is 0 Å². The lowest BCUT2D eigenvalue weighted by atomic mass is 10.0. The van der Waals surface area contributed by atoms with Crippen LogP contribution in [0.4, 0.5) is 5.69 Å². The van der Waals surface area contributed by atoms with Gasteiger partial charge in [-0.3, -0.25) is 0 Å². The number of thioether (sulfide) groups is 1. The van der Waals surface area contributed by atoms with E-state index in [0.29, 0.717) is 6.04 Å². The Balaban J connectivity index is 1.86. The minimum absolute atomic E-state index is 0.343. The van der Waals surface area contributed by atoms with Crippen molar-refractivity contribution in [2.45, 2.75) is 17.4 Å². The molecular weight excluding hydrogens is 262 g/mol.